The van der Waals surface area contributed by atoms with E-state index in [1.54, 1.807) is 11.7 Å². The van der Waals surface area contributed by atoms with Crippen molar-refractivity contribution in [2.45, 2.75) is 25.5 Å². The van der Waals surface area contributed by atoms with E-state index in [1.807, 2.05) is 31.7 Å². The first-order chi connectivity index (χ1) is 10.6. The second kappa shape index (κ2) is 7.30. The van der Waals surface area contributed by atoms with E-state index >= 15 is 0 Å². The molecule has 1 N–H and O–H groups in total. The maximum atomic E-state index is 11.3. The number of ether oxygens (including phenoxy) is 1. The largest absolute Gasteiger partial charge is 0.476 e. The van der Waals surface area contributed by atoms with Gasteiger partial charge in [0.25, 0.3) is 0 Å². The molecule has 0 aliphatic heterocycles. The van der Waals surface area contributed by atoms with E-state index in [4.69, 9.17) is 4.74 Å². The molecule has 0 aromatic carbocycles. The molecule has 0 unspecified atom stereocenters. The van der Waals surface area contributed by atoms with Gasteiger partial charge in [-0.15, -0.1) is 15.3 Å². The highest BCUT2D eigenvalue weighted by atomic mass is 32.2. The zero-order chi connectivity index (χ0) is 16.1. The van der Waals surface area contributed by atoms with Crippen molar-refractivity contribution in [3.63, 3.8) is 0 Å². The number of aryl methyl sites for hydroxylation is 1. The van der Waals surface area contributed by atoms with Gasteiger partial charge >= 0.3 is 0 Å². The molecule has 0 saturated carbocycles. The molecule has 0 aliphatic rings. The van der Waals surface area contributed by atoms with E-state index in [2.05, 4.69) is 20.6 Å². The van der Waals surface area contributed by atoms with Crippen molar-refractivity contribution in [2.24, 2.45) is 7.05 Å². The summed E-state index contributed by atoms with van der Waals surface area (Å²) in [5, 5.41) is 16.0. The lowest BCUT2D eigenvalue weighted by molar-refractivity contribution is -0.118. The van der Waals surface area contributed by atoms with Crippen LogP contribution in [0.3, 0.4) is 0 Å². The molecule has 0 fully saturated rings. The fraction of sp³-hybridized carbons (Fsp3) is 0.538. The molecule has 0 aliphatic carbocycles. The van der Waals surface area contributed by atoms with E-state index < -0.39 is 0 Å². The Labute approximate surface area is 133 Å². The average molecular weight is 324 g/mol. The van der Waals surface area contributed by atoms with Gasteiger partial charge in [0.1, 0.15) is 5.56 Å². The molecular formula is C13H20N6O2S. The van der Waals surface area contributed by atoms with Crippen LogP contribution in [-0.2, 0) is 18.4 Å². The van der Waals surface area contributed by atoms with Crippen molar-refractivity contribution in [1.82, 2.24) is 29.9 Å². The van der Waals surface area contributed by atoms with E-state index in [0.717, 1.165) is 12.1 Å². The topological polar surface area (TPSA) is 86.9 Å². The minimum Gasteiger partial charge on any atom is -0.476 e. The second-order valence-electron chi connectivity index (χ2n) is 4.46. The van der Waals surface area contributed by atoms with Crippen LogP contribution in [-0.4, -0.2) is 49.9 Å². The summed E-state index contributed by atoms with van der Waals surface area (Å²) in [7, 11) is 3.47. The Bertz CT molecular complexity index is 651. The van der Waals surface area contributed by atoms with Crippen molar-refractivity contribution in [3.8, 4) is 17.3 Å². The Hall–Kier alpha value is -2.03. The fourth-order valence-corrected chi connectivity index (χ4v) is 2.62. The summed E-state index contributed by atoms with van der Waals surface area (Å²) in [6.07, 6.45) is 1.89. The fourth-order valence-electron chi connectivity index (χ4n) is 1.84. The predicted octanol–water partition coefficient (Wildman–Crippen LogP) is 0.935. The van der Waals surface area contributed by atoms with Crippen molar-refractivity contribution >= 4 is 17.7 Å². The van der Waals surface area contributed by atoms with Crippen LogP contribution < -0.4 is 10.1 Å². The predicted molar refractivity (Wildman–Crippen MR) is 83.9 cm³/mol. The van der Waals surface area contributed by atoms with Gasteiger partial charge in [-0.3, -0.25) is 9.48 Å². The van der Waals surface area contributed by atoms with Gasteiger partial charge in [0.05, 0.1) is 12.4 Å². The average Bonchev–Trinajstić information content (AvgIpc) is 3.08. The Morgan fingerprint density at radius 2 is 2.18 bits per heavy atom. The molecule has 0 spiro atoms. The van der Waals surface area contributed by atoms with Gasteiger partial charge in [0.2, 0.25) is 11.8 Å². The lowest BCUT2D eigenvalue weighted by Gasteiger charge is -2.04. The molecule has 120 valence electrons. The first-order valence-corrected chi connectivity index (χ1v) is 8.02. The summed E-state index contributed by atoms with van der Waals surface area (Å²) in [5.74, 6) is 1.46. The number of nitrogens with one attached hydrogen (secondary N) is 1. The summed E-state index contributed by atoms with van der Waals surface area (Å²) >= 11 is 1.34. The third-order valence-electron chi connectivity index (χ3n) is 3.02. The van der Waals surface area contributed by atoms with Gasteiger partial charge < -0.3 is 14.6 Å². The third-order valence-corrected chi connectivity index (χ3v) is 4.04. The van der Waals surface area contributed by atoms with Gasteiger partial charge in [0.15, 0.2) is 11.0 Å². The molecule has 2 aromatic heterocycles. The number of rotatable bonds is 7. The molecule has 22 heavy (non-hydrogen) atoms. The molecule has 2 aromatic rings. The number of hydrogen-bond acceptors (Lipinski definition) is 6. The normalized spacial score (nSPS) is 10.7. The molecule has 0 bridgehead atoms. The lowest BCUT2D eigenvalue weighted by atomic mass is 10.3. The van der Waals surface area contributed by atoms with E-state index in [-0.39, 0.29) is 5.91 Å². The highest BCUT2D eigenvalue weighted by Gasteiger charge is 2.19. The van der Waals surface area contributed by atoms with Gasteiger partial charge in [-0.25, -0.2) is 0 Å². The van der Waals surface area contributed by atoms with Crippen molar-refractivity contribution in [1.29, 1.82) is 0 Å². The van der Waals surface area contributed by atoms with Crippen LogP contribution in [0.4, 0.5) is 0 Å². The van der Waals surface area contributed by atoms with Crippen LogP contribution in [0.25, 0.3) is 11.4 Å². The highest BCUT2D eigenvalue weighted by molar-refractivity contribution is 7.99. The van der Waals surface area contributed by atoms with Crippen molar-refractivity contribution in [2.75, 3.05) is 19.4 Å². The summed E-state index contributed by atoms with van der Waals surface area (Å²) < 4.78 is 9.21. The van der Waals surface area contributed by atoms with Gasteiger partial charge in [-0.1, -0.05) is 11.8 Å². The van der Waals surface area contributed by atoms with Crippen molar-refractivity contribution < 1.29 is 9.53 Å². The van der Waals surface area contributed by atoms with Gasteiger partial charge in [-0.2, -0.15) is 0 Å². The summed E-state index contributed by atoms with van der Waals surface area (Å²) in [5.41, 5.74) is 0.797. The summed E-state index contributed by atoms with van der Waals surface area (Å²) in [4.78, 5) is 11.3. The zero-order valence-electron chi connectivity index (χ0n) is 13.2. The number of amides is 1. The molecule has 1 amide bonds. The smallest absolute Gasteiger partial charge is 0.243 e. The zero-order valence-corrected chi connectivity index (χ0v) is 14.0. The SMILES string of the molecule is CCOc1nn(CC)cc1-c1nnc(SCC(=O)NC)n1C. The Kier molecular flexibility index (Phi) is 5.42. The molecular weight excluding hydrogens is 304 g/mol. The Morgan fingerprint density at radius 3 is 2.82 bits per heavy atom. The maximum Gasteiger partial charge on any atom is 0.243 e. The van der Waals surface area contributed by atoms with E-state index in [9.17, 15) is 4.79 Å². The number of aromatic nitrogens is 5. The van der Waals surface area contributed by atoms with Gasteiger partial charge in [0, 0.05) is 26.8 Å². The van der Waals surface area contributed by atoms with E-state index in [1.165, 1.54) is 11.8 Å². The van der Waals surface area contributed by atoms with Gasteiger partial charge in [-0.05, 0) is 13.8 Å². The minimum absolute atomic E-state index is 0.0524. The first kappa shape index (κ1) is 16.3. The number of thioether (sulfide) groups is 1. The number of nitrogens with zero attached hydrogens (tertiary/aromatic N) is 5. The van der Waals surface area contributed by atoms with Crippen LogP contribution in [0.15, 0.2) is 11.4 Å². The standard InChI is InChI=1S/C13H20N6O2S/c1-5-19-7-9(12(17-19)21-6-2)11-15-16-13(18(11)4)22-8-10(20)14-3/h7H,5-6,8H2,1-4H3,(H,14,20). The number of carbonyl (C=O) groups is 1. The number of carbonyl (C=O) groups excluding carboxylic acids is 1. The maximum absolute atomic E-state index is 11.3. The van der Waals surface area contributed by atoms with Crippen molar-refractivity contribution in [3.05, 3.63) is 6.20 Å². The molecule has 0 radical (unpaired) electrons. The quantitative estimate of drug-likeness (QED) is 0.763. The molecule has 0 saturated heterocycles. The van der Waals surface area contributed by atoms with E-state index in [0.29, 0.717) is 29.2 Å². The Balaban J connectivity index is 2.28. The Morgan fingerprint density at radius 1 is 1.41 bits per heavy atom. The highest BCUT2D eigenvalue weighted by Crippen LogP contribution is 2.29. The second-order valence-corrected chi connectivity index (χ2v) is 5.41. The molecule has 9 heteroatoms. The van der Waals surface area contributed by atoms with Crippen LogP contribution in [0.1, 0.15) is 13.8 Å². The third kappa shape index (κ3) is 3.41. The summed E-state index contributed by atoms with van der Waals surface area (Å²) in [6, 6.07) is 0. The monoisotopic (exact) mass is 324 g/mol. The van der Waals surface area contributed by atoms with Crippen LogP contribution in [0.2, 0.25) is 0 Å². The number of hydrogen-bond donors (Lipinski definition) is 1. The molecule has 8 nitrogen and oxygen atoms in total. The van der Waals surface area contributed by atoms with Crippen LogP contribution >= 0.6 is 11.8 Å². The lowest BCUT2D eigenvalue weighted by Crippen LogP contribution is -2.20. The first-order valence-electron chi connectivity index (χ1n) is 7.04. The molecule has 0 atom stereocenters. The summed E-state index contributed by atoms with van der Waals surface area (Å²) in [6.45, 7) is 5.20. The van der Waals surface area contributed by atoms with Crippen LogP contribution in [0.5, 0.6) is 5.88 Å². The van der Waals surface area contributed by atoms with Crippen LogP contribution in [0, 0.1) is 0 Å². The minimum atomic E-state index is -0.0524. The molecule has 2 heterocycles. The molecule has 2 rings (SSSR count).